The standard InChI is InChI=1S/C20H24FN5O2/c1-12-5-6-15(13(2)9-12)24-18-14(20(27)25-28-8-7-22-3)10-16-19(17(18)21)23-11-26(16)4/h5-6,9-11,22,24H,7-8H2,1-4H3,(H,25,27). The summed E-state index contributed by atoms with van der Waals surface area (Å²) in [7, 11) is 3.53. The Morgan fingerprint density at radius 1 is 1.29 bits per heavy atom. The van der Waals surface area contributed by atoms with Crippen LogP contribution in [0.3, 0.4) is 0 Å². The van der Waals surface area contributed by atoms with Gasteiger partial charge in [-0.05, 0) is 38.6 Å². The molecule has 0 aliphatic rings. The predicted octanol–water partition coefficient (Wildman–Crippen LogP) is 2.95. The van der Waals surface area contributed by atoms with Crippen molar-refractivity contribution in [2.45, 2.75) is 13.8 Å². The summed E-state index contributed by atoms with van der Waals surface area (Å²) >= 11 is 0. The minimum Gasteiger partial charge on any atom is -0.352 e. The van der Waals surface area contributed by atoms with Crippen molar-refractivity contribution in [3.8, 4) is 0 Å². The summed E-state index contributed by atoms with van der Waals surface area (Å²) in [6.45, 7) is 4.77. The number of hydrogen-bond donors (Lipinski definition) is 3. The molecule has 0 aliphatic heterocycles. The van der Waals surface area contributed by atoms with Crippen molar-refractivity contribution in [3.63, 3.8) is 0 Å². The maximum Gasteiger partial charge on any atom is 0.277 e. The Kier molecular flexibility index (Phi) is 5.91. The van der Waals surface area contributed by atoms with Crippen LogP contribution in [-0.2, 0) is 11.9 Å². The number of carbonyl (C=O) groups is 1. The summed E-state index contributed by atoms with van der Waals surface area (Å²) in [5.74, 6) is -1.12. The average Bonchev–Trinajstić information content (AvgIpc) is 3.03. The monoisotopic (exact) mass is 385 g/mol. The Labute approximate surface area is 162 Å². The van der Waals surface area contributed by atoms with Gasteiger partial charge in [-0.2, -0.15) is 0 Å². The van der Waals surface area contributed by atoms with Gasteiger partial charge in [0.15, 0.2) is 5.82 Å². The van der Waals surface area contributed by atoms with Gasteiger partial charge >= 0.3 is 0 Å². The van der Waals surface area contributed by atoms with Gasteiger partial charge in [-0.3, -0.25) is 9.63 Å². The third kappa shape index (κ3) is 3.97. The van der Waals surface area contributed by atoms with Crippen molar-refractivity contribution in [1.29, 1.82) is 0 Å². The number of amides is 1. The number of benzene rings is 2. The minimum atomic E-state index is -0.585. The molecule has 28 heavy (non-hydrogen) atoms. The number of aromatic nitrogens is 2. The highest BCUT2D eigenvalue weighted by atomic mass is 19.1. The second-order valence-electron chi connectivity index (χ2n) is 6.66. The molecule has 0 spiro atoms. The van der Waals surface area contributed by atoms with E-state index in [1.165, 1.54) is 6.33 Å². The van der Waals surface area contributed by atoms with Crippen molar-refractivity contribution in [2.24, 2.45) is 7.05 Å². The quantitative estimate of drug-likeness (QED) is 0.430. The molecule has 1 heterocycles. The number of hydrogen-bond acceptors (Lipinski definition) is 5. The maximum atomic E-state index is 15.3. The van der Waals surface area contributed by atoms with E-state index in [1.54, 1.807) is 24.7 Å². The zero-order valence-corrected chi connectivity index (χ0v) is 16.4. The SMILES string of the molecule is CNCCONC(=O)c1cc2c(ncn2C)c(F)c1Nc1ccc(C)cc1C. The summed E-state index contributed by atoms with van der Waals surface area (Å²) in [5, 5.41) is 5.98. The molecule has 8 heteroatoms. The lowest BCUT2D eigenvalue weighted by molar-refractivity contribution is 0.0329. The van der Waals surface area contributed by atoms with E-state index in [9.17, 15) is 4.79 Å². The van der Waals surface area contributed by atoms with Gasteiger partial charge < -0.3 is 15.2 Å². The number of imidazole rings is 1. The first-order chi connectivity index (χ1) is 13.4. The van der Waals surface area contributed by atoms with E-state index in [2.05, 4.69) is 21.1 Å². The van der Waals surface area contributed by atoms with Crippen LogP contribution in [0.25, 0.3) is 11.0 Å². The lowest BCUT2D eigenvalue weighted by Gasteiger charge is -2.16. The first-order valence-electron chi connectivity index (χ1n) is 8.97. The molecule has 0 fully saturated rings. The lowest BCUT2D eigenvalue weighted by Crippen LogP contribution is -2.28. The summed E-state index contributed by atoms with van der Waals surface area (Å²) in [6.07, 6.45) is 1.51. The normalized spacial score (nSPS) is 11.0. The Bertz CT molecular complexity index is 1020. The molecular weight excluding hydrogens is 361 g/mol. The third-order valence-electron chi connectivity index (χ3n) is 4.47. The fourth-order valence-electron chi connectivity index (χ4n) is 2.94. The highest BCUT2D eigenvalue weighted by Gasteiger charge is 2.22. The van der Waals surface area contributed by atoms with Gasteiger partial charge in [0.2, 0.25) is 0 Å². The molecule has 1 aromatic heterocycles. The van der Waals surface area contributed by atoms with Crippen LogP contribution >= 0.6 is 0 Å². The fraction of sp³-hybridized carbons (Fsp3) is 0.300. The van der Waals surface area contributed by atoms with Gasteiger partial charge in [0.05, 0.1) is 29.7 Å². The number of fused-ring (bicyclic) bond motifs is 1. The number of carbonyl (C=O) groups excluding carboxylic acids is 1. The molecule has 0 unspecified atom stereocenters. The molecule has 0 bridgehead atoms. The molecular formula is C20H24FN5O2. The van der Waals surface area contributed by atoms with E-state index in [1.807, 2.05) is 32.0 Å². The Hall–Kier alpha value is -2.97. The molecule has 1 amide bonds. The molecule has 7 nitrogen and oxygen atoms in total. The number of aryl methyl sites for hydroxylation is 3. The van der Waals surface area contributed by atoms with Gasteiger partial charge in [0, 0.05) is 19.3 Å². The molecule has 148 valence electrons. The Morgan fingerprint density at radius 2 is 2.07 bits per heavy atom. The first-order valence-corrected chi connectivity index (χ1v) is 8.97. The molecule has 3 rings (SSSR count). The molecule has 0 aliphatic carbocycles. The van der Waals surface area contributed by atoms with Crippen LogP contribution < -0.4 is 16.1 Å². The maximum absolute atomic E-state index is 15.3. The van der Waals surface area contributed by atoms with E-state index >= 15 is 4.39 Å². The number of rotatable bonds is 7. The number of likely N-dealkylation sites (N-methyl/N-ethyl adjacent to an activating group) is 1. The van der Waals surface area contributed by atoms with Crippen LogP contribution in [0.1, 0.15) is 21.5 Å². The van der Waals surface area contributed by atoms with Crippen molar-refractivity contribution in [2.75, 3.05) is 25.5 Å². The van der Waals surface area contributed by atoms with Gasteiger partial charge in [-0.25, -0.2) is 14.9 Å². The summed E-state index contributed by atoms with van der Waals surface area (Å²) in [5.41, 5.74) is 6.04. The van der Waals surface area contributed by atoms with Crippen LogP contribution in [0.5, 0.6) is 0 Å². The van der Waals surface area contributed by atoms with Gasteiger partial charge in [-0.1, -0.05) is 17.7 Å². The fourth-order valence-corrected chi connectivity index (χ4v) is 2.94. The number of hydroxylamine groups is 1. The van der Waals surface area contributed by atoms with Crippen molar-refractivity contribution < 1.29 is 14.0 Å². The smallest absolute Gasteiger partial charge is 0.277 e. The third-order valence-corrected chi connectivity index (χ3v) is 4.47. The molecule has 0 saturated carbocycles. The highest BCUT2D eigenvalue weighted by molar-refractivity contribution is 6.04. The minimum absolute atomic E-state index is 0.0628. The molecule has 3 N–H and O–H groups in total. The predicted molar refractivity (Wildman–Crippen MR) is 107 cm³/mol. The van der Waals surface area contributed by atoms with Crippen LogP contribution in [0, 0.1) is 19.7 Å². The van der Waals surface area contributed by atoms with E-state index in [0.29, 0.717) is 24.4 Å². The Balaban J connectivity index is 2.03. The zero-order valence-electron chi connectivity index (χ0n) is 16.4. The number of anilines is 2. The van der Waals surface area contributed by atoms with E-state index in [4.69, 9.17) is 4.84 Å². The number of nitrogens with one attached hydrogen (secondary N) is 3. The van der Waals surface area contributed by atoms with Crippen LogP contribution in [-0.4, -0.2) is 35.7 Å². The van der Waals surface area contributed by atoms with E-state index in [0.717, 1.165) is 11.1 Å². The number of halogens is 1. The molecule has 3 aromatic rings. The van der Waals surface area contributed by atoms with Crippen LogP contribution in [0.4, 0.5) is 15.8 Å². The van der Waals surface area contributed by atoms with Crippen molar-refractivity contribution >= 4 is 28.3 Å². The molecule has 0 radical (unpaired) electrons. The van der Waals surface area contributed by atoms with Gasteiger partial charge in [0.25, 0.3) is 5.91 Å². The molecule has 2 aromatic carbocycles. The topological polar surface area (TPSA) is 80.2 Å². The largest absolute Gasteiger partial charge is 0.352 e. The van der Waals surface area contributed by atoms with Crippen molar-refractivity contribution in [3.05, 3.63) is 53.1 Å². The molecule has 0 atom stereocenters. The van der Waals surface area contributed by atoms with E-state index in [-0.39, 0.29) is 16.8 Å². The van der Waals surface area contributed by atoms with Gasteiger partial charge in [-0.15, -0.1) is 0 Å². The zero-order chi connectivity index (χ0) is 20.3. The summed E-state index contributed by atoms with van der Waals surface area (Å²) in [6, 6.07) is 7.37. The highest BCUT2D eigenvalue weighted by Crippen LogP contribution is 2.31. The second-order valence-corrected chi connectivity index (χ2v) is 6.66. The summed E-state index contributed by atoms with van der Waals surface area (Å²) < 4.78 is 16.9. The second kappa shape index (κ2) is 8.37. The van der Waals surface area contributed by atoms with Crippen molar-refractivity contribution in [1.82, 2.24) is 20.3 Å². The van der Waals surface area contributed by atoms with E-state index < -0.39 is 11.7 Å². The molecule has 0 saturated heterocycles. The first kappa shape index (κ1) is 19.8. The lowest BCUT2D eigenvalue weighted by atomic mass is 10.1. The van der Waals surface area contributed by atoms with Crippen LogP contribution in [0.2, 0.25) is 0 Å². The number of nitrogens with zero attached hydrogens (tertiary/aromatic N) is 2. The Morgan fingerprint density at radius 3 is 2.79 bits per heavy atom. The van der Waals surface area contributed by atoms with Crippen LogP contribution in [0.15, 0.2) is 30.6 Å². The summed E-state index contributed by atoms with van der Waals surface area (Å²) in [4.78, 5) is 22.0. The van der Waals surface area contributed by atoms with Gasteiger partial charge in [0.1, 0.15) is 5.52 Å². The average molecular weight is 385 g/mol.